The summed E-state index contributed by atoms with van der Waals surface area (Å²) in [6.45, 7) is 3.91. The molecule has 0 atom stereocenters. The Bertz CT molecular complexity index is 1570. The van der Waals surface area contributed by atoms with Crippen LogP contribution in [0.5, 0.6) is 0 Å². The van der Waals surface area contributed by atoms with E-state index < -0.39 is 0 Å². The lowest BCUT2D eigenvalue weighted by Gasteiger charge is -2.08. The average molecular weight is 539 g/mol. The number of amides is 1. The maximum atomic E-state index is 13.4. The minimum atomic E-state index is -0.282. The van der Waals surface area contributed by atoms with Crippen LogP contribution in [0.3, 0.4) is 0 Å². The molecule has 0 saturated heterocycles. The quantitative estimate of drug-likeness (QED) is 0.297. The molecule has 1 amide bonds. The Balaban J connectivity index is 1.48. The Kier molecular flexibility index (Phi) is 5.86. The Morgan fingerprint density at radius 3 is 2.70 bits per heavy atom. The summed E-state index contributed by atoms with van der Waals surface area (Å²) in [6, 6.07) is 13.5. The van der Waals surface area contributed by atoms with Crippen molar-refractivity contribution >= 4 is 70.6 Å². The lowest BCUT2D eigenvalue weighted by molar-refractivity contribution is -0.116. The summed E-state index contributed by atoms with van der Waals surface area (Å²) in [5, 5.41) is 4.43. The second-order valence-corrected chi connectivity index (χ2v) is 10.8. The smallest absolute Gasteiger partial charge is 0.263 e. The summed E-state index contributed by atoms with van der Waals surface area (Å²) in [6.07, 6.45) is 2.26. The summed E-state index contributed by atoms with van der Waals surface area (Å²) in [5.41, 5.74) is 3.25. The number of rotatable bonds is 5. The fraction of sp³-hybridized carbons (Fsp3) is 0.167. The number of benzene rings is 2. The largest absolute Gasteiger partial charge is 0.324 e. The van der Waals surface area contributed by atoms with E-state index in [1.807, 2.05) is 49.4 Å². The van der Waals surface area contributed by atoms with Gasteiger partial charge in [0.1, 0.15) is 11.4 Å². The number of carbonyl (C=O) groups excluding carboxylic acids is 1. The topological polar surface area (TPSA) is 76.9 Å². The van der Waals surface area contributed by atoms with Crippen molar-refractivity contribution in [3.63, 3.8) is 0 Å². The monoisotopic (exact) mass is 538 g/mol. The number of thiophene rings is 1. The summed E-state index contributed by atoms with van der Waals surface area (Å²) >= 11 is 6.57. The fourth-order valence-corrected chi connectivity index (χ4v) is 6.05. The molecule has 0 bridgehead atoms. The molecule has 9 heteroatoms. The normalized spacial score (nSPS) is 11.4. The zero-order valence-corrected chi connectivity index (χ0v) is 21.1. The van der Waals surface area contributed by atoms with Gasteiger partial charge in [0.25, 0.3) is 5.56 Å². The molecule has 0 saturated carbocycles. The van der Waals surface area contributed by atoms with Gasteiger partial charge in [-0.3, -0.25) is 14.2 Å². The van der Waals surface area contributed by atoms with Gasteiger partial charge >= 0.3 is 0 Å². The molecule has 0 aliphatic carbocycles. The molecule has 5 rings (SSSR count). The number of nitrogens with zero attached hydrogens (tertiary/aromatic N) is 3. The van der Waals surface area contributed by atoms with Crippen LogP contribution in [-0.4, -0.2) is 20.4 Å². The van der Waals surface area contributed by atoms with Crippen LogP contribution < -0.4 is 10.9 Å². The minimum absolute atomic E-state index is 0.112. The van der Waals surface area contributed by atoms with Crippen LogP contribution >= 0.6 is 38.6 Å². The van der Waals surface area contributed by atoms with Crippen LogP contribution in [0.15, 0.2) is 58.1 Å². The SMILES string of the molecule is CCc1sc2ncn(CC(=O)Nc3ccc4nc(C)sc4c3)c(=O)c2c1-c1ccc(Br)cc1. The molecular weight excluding hydrogens is 520 g/mol. The highest BCUT2D eigenvalue weighted by molar-refractivity contribution is 9.10. The standard InChI is InChI=1S/C24H19BrN4O2S2/c1-3-18-21(14-4-6-15(25)7-5-14)22-23(33-18)26-12-29(24(22)31)11-20(30)28-16-8-9-17-19(10-16)32-13(2)27-17/h4-10,12H,3,11H2,1-2H3,(H,28,30). The summed E-state index contributed by atoms with van der Waals surface area (Å²) in [7, 11) is 0. The van der Waals surface area contributed by atoms with Crippen molar-refractivity contribution in [1.29, 1.82) is 0 Å². The van der Waals surface area contributed by atoms with Crippen LogP contribution in [0.4, 0.5) is 5.69 Å². The van der Waals surface area contributed by atoms with Crippen molar-refractivity contribution in [3.8, 4) is 11.1 Å². The van der Waals surface area contributed by atoms with Crippen molar-refractivity contribution in [3.05, 3.63) is 73.5 Å². The van der Waals surface area contributed by atoms with Gasteiger partial charge in [0.15, 0.2) is 0 Å². The van der Waals surface area contributed by atoms with E-state index in [1.54, 1.807) is 11.3 Å². The van der Waals surface area contributed by atoms with Gasteiger partial charge in [0.2, 0.25) is 5.91 Å². The van der Waals surface area contributed by atoms with Crippen molar-refractivity contribution in [2.45, 2.75) is 26.8 Å². The van der Waals surface area contributed by atoms with Crippen LogP contribution in [0, 0.1) is 6.92 Å². The highest BCUT2D eigenvalue weighted by Gasteiger charge is 2.19. The lowest BCUT2D eigenvalue weighted by Crippen LogP contribution is -2.27. The van der Waals surface area contributed by atoms with E-state index in [9.17, 15) is 9.59 Å². The number of hydrogen-bond acceptors (Lipinski definition) is 6. The molecule has 0 aliphatic heterocycles. The van der Waals surface area contributed by atoms with Crippen LogP contribution in [0.2, 0.25) is 0 Å². The maximum Gasteiger partial charge on any atom is 0.263 e. The summed E-state index contributed by atoms with van der Waals surface area (Å²) in [4.78, 5) is 36.9. The van der Waals surface area contributed by atoms with Crippen LogP contribution in [-0.2, 0) is 17.8 Å². The highest BCUT2D eigenvalue weighted by atomic mass is 79.9. The van der Waals surface area contributed by atoms with Crippen LogP contribution in [0.25, 0.3) is 31.6 Å². The van der Waals surface area contributed by atoms with Gasteiger partial charge in [-0.05, 0) is 49.2 Å². The van der Waals surface area contributed by atoms with Crippen molar-refractivity contribution in [2.75, 3.05) is 5.32 Å². The maximum absolute atomic E-state index is 13.4. The first-order valence-electron chi connectivity index (χ1n) is 10.4. The molecule has 3 heterocycles. The molecular formula is C24H19BrN4O2S2. The number of thiazole rings is 1. The molecule has 0 fully saturated rings. The number of aryl methyl sites for hydroxylation is 2. The van der Waals surface area contributed by atoms with Gasteiger partial charge in [-0.15, -0.1) is 22.7 Å². The molecule has 0 spiro atoms. The number of nitrogens with one attached hydrogen (secondary N) is 1. The fourth-order valence-electron chi connectivity index (χ4n) is 3.83. The van der Waals surface area contributed by atoms with E-state index >= 15 is 0 Å². The molecule has 0 radical (unpaired) electrons. The zero-order valence-electron chi connectivity index (χ0n) is 17.9. The molecule has 0 aliphatic rings. The van der Waals surface area contributed by atoms with Gasteiger partial charge in [0, 0.05) is 20.6 Å². The predicted octanol–water partition coefficient (Wildman–Crippen LogP) is 6.01. The number of anilines is 1. The number of halogens is 1. The first-order chi connectivity index (χ1) is 15.9. The van der Waals surface area contributed by atoms with E-state index in [4.69, 9.17) is 0 Å². The highest BCUT2D eigenvalue weighted by Crippen LogP contribution is 2.36. The second-order valence-electron chi connectivity index (χ2n) is 7.58. The van der Waals surface area contributed by atoms with Crippen molar-refractivity contribution in [1.82, 2.24) is 14.5 Å². The third-order valence-corrected chi connectivity index (χ3v) is 8.00. The number of fused-ring (bicyclic) bond motifs is 2. The molecule has 5 aromatic rings. The van der Waals surface area contributed by atoms with Gasteiger partial charge in [-0.25, -0.2) is 9.97 Å². The second kappa shape index (κ2) is 8.81. The van der Waals surface area contributed by atoms with Crippen molar-refractivity contribution in [2.24, 2.45) is 0 Å². The molecule has 2 aromatic carbocycles. The molecule has 166 valence electrons. The van der Waals surface area contributed by atoms with E-state index in [-0.39, 0.29) is 18.0 Å². The minimum Gasteiger partial charge on any atom is -0.324 e. The molecule has 0 unspecified atom stereocenters. The van der Waals surface area contributed by atoms with Gasteiger partial charge in [0.05, 0.1) is 26.9 Å². The van der Waals surface area contributed by atoms with Gasteiger partial charge in [-0.1, -0.05) is 35.0 Å². The number of aromatic nitrogens is 3. The zero-order chi connectivity index (χ0) is 23.1. The molecule has 6 nitrogen and oxygen atoms in total. The van der Waals surface area contributed by atoms with E-state index in [0.29, 0.717) is 15.9 Å². The average Bonchev–Trinajstić information content (AvgIpc) is 3.35. The third kappa shape index (κ3) is 4.23. The first kappa shape index (κ1) is 21.9. The first-order valence-corrected chi connectivity index (χ1v) is 12.8. The third-order valence-electron chi connectivity index (χ3n) is 5.30. The predicted molar refractivity (Wildman–Crippen MR) is 139 cm³/mol. The Labute approximate surface area is 206 Å². The Morgan fingerprint density at radius 1 is 1.15 bits per heavy atom. The molecule has 3 aromatic heterocycles. The lowest BCUT2D eigenvalue weighted by atomic mass is 10.0. The molecule has 1 N–H and O–H groups in total. The van der Waals surface area contributed by atoms with Gasteiger partial charge < -0.3 is 5.32 Å². The summed E-state index contributed by atoms with van der Waals surface area (Å²) < 4.78 is 3.36. The van der Waals surface area contributed by atoms with E-state index in [1.165, 1.54) is 22.2 Å². The van der Waals surface area contributed by atoms with Crippen molar-refractivity contribution < 1.29 is 4.79 Å². The number of carbonyl (C=O) groups is 1. The van der Waals surface area contributed by atoms with Gasteiger partial charge in [-0.2, -0.15) is 0 Å². The number of hydrogen-bond donors (Lipinski definition) is 1. The molecule has 33 heavy (non-hydrogen) atoms. The Hall–Kier alpha value is -2.88. The van der Waals surface area contributed by atoms with E-state index in [2.05, 4.69) is 38.1 Å². The summed E-state index contributed by atoms with van der Waals surface area (Å²) in [5.74, 6) is -0.282. The van der Waals surface area contributed by atoms with E-state index in [0.717, 1.165) is 42.1 Å². The Morgan fingerprint density at radius 2 is 1.94 bits per heavy atom. The van der Waals surface area contributed by atoms with Crippen LogP contribution in [0.1, 0.15) is 16.8 Å².